The maximum Gasteiger partial charge on any atom is 0.0705 e. The molecule has 0 spiro atoms. The fourth-order valence-electron chi connectivity index (χ4n) is 2.58. The number of hydrazine groups is 1. The number of fused-ring (bicyclic) bond motifs is 1. The van der Waals surface area contributed by atoms with E-state index in [2.05, 4.69) is 47.7 Å². The molecule has 1 atom stereocenters. The third kappa shape index (κ3) is 3.78. The first-order valence-corrected chi connectivity index (χ1v) is 7.58. The van der Waals surface area contributed by atoms with E-state index >= 15 is 0 Å². The Bertz CT molecular complexity index is 551. The Morgan fingerprint density at radius 3 is 2.75 bits per heavy atom. The van der Waals surface area contributed by atoms with Crippen LogP contribution in [0.3, 0.4) is 0 Å². The summed E-state index contributed by atoms with van der Waals surface area (Å²) in [5, 5.41) is 1.18. The molecule has 1 aromatic carbocycles. The van der Waals surface area contributed by atoms with Crippen LogP contribution in [0.4, 0.5) is 0 Å². The van der Waals surface area contributed by atoms with Crippen LogP contribution >= 0.6 is 0 Å². The highest BCUT2D eigenvalue weighted by Crippen LogP contribution is 2.23. The van der Waals surface area contributed by atoms with Gasteiger partial charge in [0.2, 0.25) is 0 Å². The van der Waals surface area contributed by atoms with E-state index in [9.17, 15) is 0 Å². The van der Waals surface area contributed by atoms with Crippen molar-refractivity contribution < 1.29 is 0 Å². The molecule has 3 heteroatoms. The molecule has 1 aromatic heterocycles. The molecule has 108 valence electrons. The Morgan fingerprint density at radius 2 is 2.00 bits per heavy atom. The topological polar surface area (TPSA) is 50.9 Å². The molecule has 0 radical (unpaired) electrons. The molecule has 0 fully saturated rings. The van der Waals surface area contributed by atoms with Crippen molar-refractivity contribution in [2.45, 2.75) is 52.0 Å². The second-order valence-corrected chi connectivity index (χ2v) is 5.47. The van der Waals surface area contributed by atoms with Gasteiger partial charge in [-0.05, 0) is 37.1 Å². The molecular formula is C17H25N3. The number of pyridine rings is 1. The first-order valence-electron chi connectivity index (χ1n) is 7.58. The Hall–Kier alpha value is -1.45. The van der Waals surface area contributed by atoms with Crippen LogP contribution in [0, 0.1) is 6.92 Å². The van der Waals surface area contributed by atoms with Gasteiger partial charge in [-0.1, -0.05) is 44.7 Å². The Kier molecular flexibility index (Phi) is 5.50. The van der Waals surface area contributed by atoms with Gasteiger partial charge < -0.3 is 0 Å². The predicted molar refractivity (Wildman–Crippen MR) is 85.3 cm³/mol. The van der Waals surface area contributed by atoms with Gasteiger partial charge in [0.25, 0.3) is 0 Å². The second-order valence-electron chi connectivity index (χ2n) is 5.47. The lowest BCUT2D eigenvalue weighted by molar-refractivity contribution is 0.482. The summed E-state index contributed by atoms with van der Waals surface area (Å²) in [6, 6.07) is 10.8. The van der Waals surface area contributed by atoms with Crippen LogP contribution in [0.1, 0.15) is 56.3 Å². The number of hydrogen-bond acceptors (Lipinski definition) is 3. The van der Waals surface area contributed by atoms with E-state index in [4.69, 9.17) is 5.84 Å². The van der Waals surface area contributed by atoms with Crippen molar-refractivity contribution in [2.24, 2.45) is 5.84 Å². The van der Waals surface area contributed by atoms with E-state index in [1.54, 1.807) is 0 Å². The smallest absolute Gasteiger partial charge is 0.0705 e. The molecule has 0 aliphatic heterocycles. The van der Waals surface area contributed by atoms with Gasteiger partial charge in [0.15, 0.2) is 0 Å². The van der Waals surface area contributed by atoms with Crippen molar-refractivity contribution in [1.29, 1.82) is 0 Å². The predicted octanol–water partition coefficient (Wildman–Crippen LogP) is 4.02. The second kappa shape index (κ2) is 7.36. The van der Waals surface area contributed by atoms with Gasteiger partial charge in [0.1, 0.15) is 0 Å². The molecule has 0 saturated heterocycles. The van der Waals surface area contributed by atoms with Crippen molar-refractivity contribution in [1.82, 2.24) is 10.4 Å². The number of nitrogens with zero attached hydrogens (tertiary/aromatic N) is 1. The fraction of sp³-hybridized carbons (Fsp3) is 0.471. The first kappa shape index (κ1) is 14.9. The first-order chi connectivity index (χ1) is 9.74. The SMILES string of the molecule is CCCCCCC(NN)c1ccc2nc(C)ccc2c1. The van der Waals surface area contributed by atoms with E-state index in [1.165, 1.54) is 36.6 Å². The highest BCUT2D eigenvalue weighted by molar-refractivity contribution is 5.79. The highest BCUT2D eigenvalue weighted by Gasteiger charge is 2.10. The normalized spacial score (nSPS) is 12.8. The number of hydrogen-bond donors (Lipinski definition) is 2. The minimum Gasteiger partial charge on any atom is -0.271 e. The number of unbranched alkanes of at least 4 members (excludes halogenated alkanes) is 3. The third-order valence-corrected chi connectivity index (χ3v) is 3.80. The quantitative estimate of drug-likeness (QED) is 0.454. The standard InChI is InChI=1S/C17H25N3/c1-3-4-5-6-7-17(20-18)15-10-11-16-14(12-15)9-8-13(2)19-16/h8-12,17,20H,3-7,18H2,1-2H3. The van der Waals surface area contributed by atoms with E-state index in [1.807, 2.05) is 6.92 Å². The van der Waals surface area contributed by atoms with Crippen molar-refractivity contribution in [3.05, 3.63) is 41.6 Å². The monoisotopic (exact) mass is 271 g/mol. The number of benzene rings is 1. The lowest BCUT2D eigenvalue weighted by Crippen LogP contribution is -2.27. The molecule has 0 aliphatic rings. The van der Waals surface area contributed by atoms with Crippen LogP contribution in [0.5, 0.6) is 0 Å². The van der Waals surface area contributed by atoms with Gasteiger partial charge >= 0.3 is 0 Å². The molecule has 20 heavy (non-hydrogen) atoms. The van der Waals surface area contributed by atoms with Crippen LogP contribution < -0.4 is 11.3 Å². The minimum absolute atomic E-state index is 0.234. The summed E-state index contributed by atoms with van der Waals surface area (Å²) < 4.78 is 0. The van der Waals surface area contributed by atoms with Crippen molar-refractivity contribution in [3.8, 4) is 0 Å². The lowest BCUT2D eigenvalue weighted by atomic mass is 9.99. The zero-order valence-electron chi connectivity index (χ0n) is 12.5. The van der Waals surface area contributed by atoms with Crippen molar-refractivity contribution in [2.75, 3.05) is 0 Å². The van der Waals surface area contributed by atoms with Crippen LogP contribution in [-0.2, 0) is 0 Å². The summed E-state index contributed by atoms with van der Waals surface area (Å²) in [7, 11) is 0. The van der Waals surface area contributed by atoms with Gasteiger partial charge in [-0.25, -0.2) is 0 Å². The molecule has 2 rings (SSSR count). The number of aromatic nitrogens is 1. The molecule has 2 aromatic rings. The molecule has 0 saturated carbocycles. The van der Waals surface area contributed by atoms with Gasteiger partial charge in [0.05, 0.1) is 5.52 Å². The third-order valence-electron chi connectivity index (χ3n) is 3.80. The Balaban J connectivity index is 2.11. The van der Waals surface area contributed by atoms with Gasteiger partial charge in [-0.15, -0.1) is 0 Å². The van der Waals surface area contributed by atoms with Crippen molar-refractivity contribution in [3.63, 3.8) is 0 Å². The minimum atomic E-state index is 0.234. The summed E-state index contributed by atoms with van der Waals surface area (Å²) in [6.07, 6.45) is 6.15. The van der Waals surface area contributed by atoms with Crippen molar-refractivity contribution >= 4 is 10.9 Å². The molecule has 1 unspecified atom stereocenters. The average molecular weight is 271 g/mol. The lowest BCUT2D eigenvalue weighted by Gasteiger charge is -2.16. The van der Waals surface area contributed by atoms with E-state index in [0.717, 1.165) is 17.6 Å². The molecule has 0 aliphatic carbocycles. The van der Waals surface area contributed by atoms with Crippen LogP contribution in [0.15, 0.2) is 30.3 Å². The largest absolute Gasteiger partial charge is 0.271 e. The van der Waals surface area contributed by atoms with E-state index < -0.39 is 0 Å². The number of rotatable bonds is 7. The van der Waals surface area contributed by atoms with Gasteiger partial charge in [-0.2, -0.15) is 0 Å². The number of aryl methyl sites for hydroxylation is 1. The maximum absolute atomic E-state index is 5.72. The maximum atomic E-state index is 5.72. The van der Waals surface area contributed by atoms with Gasteiger partial charge in [-0.3, -0.25) is 16.3 Å². The highest BCUT2D eigenvalue weighted by atomic mass is 15.2. The molecule has 3 nitrogen and oxygen atoms in total. The number of nitrogens with two attached hydrogens (primary N) is 1. The summed E-state index contributed by atoms with van der Waals surface area (Å²) >= 11 is 0. The zero-order valence-corrected chi connectivity index (χ0v) is 12.5. The van der Waals surface area contributed by atoms with Crippen LogP contribution in [0.2, 0.25) is 0 Å². The summed E-state index contributed by atoms with van der Waals surface area (Å²) in [5.41, 5.74) is 6.31. The Labute approximate surface area is 121 Å². The molecule has 1 heterocycles. The fourth-order valence-corrected chi connectivity index (χ4v) is 2.58. The molecule has 3 N–H and O–H groups in total. The zero-order chi connectivity index (χ0) is 14.4. The van der Waals surface area contributed by atoms with E-state index in [0.29, 0.717) is 0 Å². The van der Waals surface area contributed by atoms with Crippen LogP contribution in [0.25, 0.3) is 10.9 Å². The number of nitrogens with one attached hydrogen (secondary N) is 1. The molecule has 0 bridgehead atoms. The van der Waals surface area contributed by atoms with E-state index in [-0.39, 0.29) is 6.04 Å². The average Bonchev–Trinajstić information content (AvgIpc) is 2.47. The molecule has 0 amide bonds. The Morgan fingerprint density at radius 1 is 1.15 bits per heavy atom. The van der Waals surface area contributed by atoms with Gasteiger partial charge in [0, 0.05) is 17.1 Å². The summed E-state index contributed by atoms with van der Waals surface area (Å²) in [4.78, 5) is 4.54. The summed E-state index contributed by atoms with van der Waals surface area (Å²) in [6.45, 7) is 4.25. The summed E-state index contributed by atoms with van der Waals surface area (Å²) in [5.74, 6) is 5.72. The van der Waals surface area contributed by atoms with Crippen LogP contribution in [-0.4, -0.2) is 4.98 Å². The molecular weight excluding hydrogens is 246 g/mol.